The zero-order chi connectivity index (χ0) is 14.1. The third-order valence-electron chi connectivity index (χ3n) is 2.82. The summed E-state index contributed by atoms with van der Waals surface area (Å²) >= 11 is 0. The topological polar surface area (TPSA) is 52.3 Å². The maximum Gasteiger partial charge on any atom is 0.252 e. The summed E-state index contributed by atoms with van der Waals surface area (Å²) in [5.74, 6) is -0.993. The van der Waals surface area contributed by atoms with Crippen LogP contribution in [-0.2, 0) is 0 Å². The highest BCUT2D eigenvalue weighted by Gasteiger charge is 2.15. The lowest BCUT2D eigenvalue weighted by atomic mass is 10.2. The minimum atomic E-state index is -0.749. The molecule has 7 heteroatoms. The zero-order valence-corrected chi connectivity index (χ0v) is 10.5. The van der Waals surface area contributed by atoms with Gasteiger partial charge in [0.1, 0.15) is 18.2 Å². The van der Waals surface area contributed by atoms with Gasteiger partial charge in [-0.2, -0.15) is 14.6 Å². The first-order valence-corrected chi connectivity index (χ1v) is 5.91. The Hall–Kier alpha value is -2.57. The van der Waals surface area contributed by atoms with Crippen LogP contribution in [0.1, 0.15) is 18.7 Å². The fraction of sp³-hybridized carbons (Fsp3) is 0.154. The Bertz CT molecular complexity index is 759. The van der Waals surface area contributed by atoms with Crippen molar-refractivity contribution in [2.24, 2.45) is 0 Å². The van der Waals surface area contributed by atoms with Gasteiger partial charge in [-0.05, 0) is 25.1 Å². The van der Waals surface area contributed by atoms with E-state index in [1.165, 1.54) is 16.9 Å². The molecular formula is C13H10F2N4O. The Morgan fingerprint density at radius 2 is 2.05 bits per heavy atom. The predicted octanol–water partition coefficient (Wildman–Crippen LogP) is 2.54. The molecule has 0 amide bonds. The molecule has 0 unspecified atom stereocenters. The zero-order valence-electron chi connectivity index (χ0n) is 10.5. The van der Waals surface area contributed by atoms with Gasteiger partial charge in [-0.1, -0.05) is 0 Å². The van der Waals surface area contributed by atoms with E-state index >= 15 is 0 Å². The molecule has 1 aromatic carbocycles. The Balaban J connectivity index is 1.93. The average Bonchev–Trinajstić information content (AvgIpc) is 2.90. The van der Waals surface area contributed by atoms with E-state index in [0.29, 0.717) is 11.5 Å². The van der Waals surface area contributed by atoms with Crippen molar-refractivity contribution in [3.05, 3.63) is 54.1 Å². The highest BCUT2D eigenvalue weighted by Crippen LogP contribution is 2.24. The fourth-order valence-corrected chi connectivity index (χ4v) is 1.89. The summed E-state index contributed by atoms with van der Waals surface area (Å²) in [6, 6.07) is 4.87. The summed E-state index contributed by atoms with van der Waals surface area (Å²) in [7, 11) is 0. The van der Waals surface area contributed by atoms with Gasteiger partial charge in [0, 0.05) is 12.3 Å². The lowest BCUT2D eigenvalue weighted by molar-refractivity contribution is 0.208. The molecule has 5 nitrogen and oxygen atoms in total. The van der Waals surface area contributed by atoms with Crippen molar-refractivity contribution in [3.8, 4) is 5.75 Å². The van der Waals surface area contributed by atoms with Crippen LogP contribution in [0.5, 0.6) is 5.75 Å². The summed E-state index contributed by atoms with van der Waals surface area (Å²) < 4.78 is 33.4. The van der Waals surface area contributed by atoms with Gasteiger partial charge in [0.2, 0.25) is 0 Å². The van der Waals surface area contributed by atoms with E-state index in [2.05, 4.69) is 15.1 Å². The third kappa shape index (κ3) is 2.18. The monoisotopic (exact) mass is 276 g/mol. The van der Waals surface area contributed by atoms with E-state index in [0.717, 1.165) is 12.1 Å². The second-order valence-electron chi connectivity index (χ2n) is 4.18. The fourth-order valence-electron chi connectivity index (χ4n) is 1.89. The molecule has 0 aliphatic heterocycles. The smallest absolute Gasteiger partial charge is 0.252 e. The van der Waals surface area contributed by atoms with Crippen molar-refractivity contribution in [2.45, 2.75) is 13.0 Å². The molecule has 0 saturated carbocycles. The van der Waals surface area contributed by atoms with Crippen molar-refractivity contribution in [1.29, 1.82) is 0 Å². The van der Waals surface area contributed by atoms with Crippen LogP contribution in [0.3, 0.4) is 0 Å². The summed E-state index contributed by atoms with van der Waals surface area (Å²) in [5, 5.41) is 4.03. The van der Waals surface area contributed by atoms with E-state index in [1.54, 1.807) is 19.2 Å². The minimum absolute atomic E-state index is 0.0241. The van der Waals surface area contributed by atoms with Crippen molar-refractivity contribution >= 4 is 5.78 Å². The van der Waals surface area contributed by atoms with Gasteiger partial charge >= 0.3 is 0 Å². The van der Waals surface area contributed by atoms with Crippen LogP contribution in [0.25, 0.3) is 5.78 Å². The molecule has 0 aliphatic rings. The molecule has 102 valence electrons. The normalized spacial score (nSPS) is 12.6. The largest absolute Gasteiger partial charge is 0.481 e. The molecule has 20 heavy (non-hydrogen) atoms. The van der Waals surface area contributed by atoms with Gasteiger partial charge in [-0.3, -0.25) is 0 Å². The Labute approximate surface area is 112 Å². The van der Waals surface area contributed by atoms with Gasteiger partial charge in [0.25, 0.3) is 5.78 Å². The number of rotatable bonds is 3. The lowest BCUT2D eigenvalue weighted by Crippen LogP contribution is -2.10. The molecule has 0 saturated heterocycles. The number of benzene rings is 1. The number of aromatic nitrogens is 4. The molecule has 3 rings (SSSR count). The summed E-state index contributed by atoms with van der Waals surface area (Å²) in [4.78, 5) is 7.99. The van der Waals surface area contributed by atoms with E-state index in [9.17, 15) is 8.78 Å². The molecule has 3 aromatic rings. The average molecular weight is 276 g/mol. The SMILES string of the molecule is C[C@@H](Oc1ccc(F)cc1F)c1ccnc2ncnn12. The van der Waals surface area contributed by atoms with E-state index in [1.807, 2.05) is 0 Å². The van der Waals surface area contributed by atoms with E-state index in [4.69, 9.17) is 4.74 Å². The van der Waals surface area contributed by atoms with Crippen molar-refractivity contribution in [1.82, 2.24) is 19.6 Å². The Morgan fingerprint density at radius 3 is 2.85 bits per heavy atom. The van der Waals surface area contributed by atoms with Gasteiger partial charge in [0.05, 0.1) is 5.69 Å². The first-order chi connectivity index (χ1) is 9.65. The number of nitrogens with zero attached hydrogens (tertiary/aromatic N) is 4. The number of ether oxygens (including phenoxy) is 1. The first kappa shape index (κ1) is 12.5. The quantitative estimate of drug-likeness (QED) is 0.737. The molecule has 0 radical (unpaired) electrons. The van der Waals surface area contributed by atoms with Gasteiger partial charge in [0.15, 0.2) is 11.6 Å². The minimum Gasteiger partial charge on any atom is -0.481 e. The molecule has 0 fully saturated rings. The second-order valence-corrected chi connectivity index (χ2v) is 4.18. The molecule has 0 aliphatic carbocycles. The molecular weight excluding hydrogens is 266 g/mol. The van der Waals surface area contributed by atoms with Crippen molar-refractivity contribution in [3.63, 3.8) is 0 Å². The second kappa shape index (κ2) is 4.84. The van der Waals surface area contributed by atoms with Crippen LogP contribution >= 0.6 is 0 Å². The van der Waals surface area contributed by atoms with Crippen LogP contribution in [0.4, 0.5) is 8.78 Å². The predicted molar refractivity (Wildman–Crippen MR) is 66.2 cm³/mol. The number of halogens is 2. The van der Waals surface area contributed by atoms with Crippen molar-refractivity contribution in [2.75, 3.05) is 0 Å². The van der Waals surface area contributed by atoms with Crippen LogP contribution in [0.2, 0.25) is 0 Å². The maximum atomic E-state index is 13.6. The number of hydrogen-bond donors (Lipinski definition) is 0. The highest BCUT2D eigenvalue weighted by atomic mass is 19.1. The van der Waals surface area contributed by atoms with Gasteiger partial charge in [-0.25, -0.2) is 13.8 Å². The Morgan fingerprint density at radius 1 is 1.20 bits per heavy atom. The van der Waals surface area contributed by atoms with Gasteiger partial charge in [-0.15, -0.1) is 0 Å². The highest BCUT2D eigenvalue weighted by molar-refractivity contribution is 5.29. The van der Waals surface area contributed by atoms with Gasteiger partial charge < -0.3 is 4.74 Å². The van der Waals surface area contributed by atoms with E-state index in [-0.39, 0.29) is 5.75 Å². The van der Waals surface area contributed by atoms with Crippen LogP contribution in [0, 0.1) is 11.6 Å². The van der Waals surface area contributed by atoms with Crippen molar-refractivity contribution < 1.29 is 13.5 Å². The lowest BCUT2D eigenvalue weighted by Gasteiger charge is -2.15. The summed E-state index contributed by atoms with van der Waals surface area (Å²) in [6.07, 6.45) is 2.44. The molecule has 2 heterocycles. The molecule has 0 bridgehead atoms. The number of fused-ring (bicyclic) bond motifs is 1. The summed E-state index contributed by atoms with van der Waals surface area (Å²) in [6.45, 7) is 1.74. The molecule has 0 spiro atoms. The standard InChI is InChI=1S/C13H10F2N4O/c1-8(20-12-3-2-9(14)6-10(12)15)11-4-5-16-13-17-7-18-19(11)13/h2-8H,1H3/t8-/m1/s1. The Kier molecular flexibility index (Phi) is 3.02. The van der Waals surface area contributed by atoms with Crippen LogP contribution in [0.15, 0.2) is 36.8 Å². The molecule has 1 atom stereocenters. The first-order valence-electron chi connectivity index (χ1n) is 5.91. The maximum absolute atomic E-state index is 13.6. The van der Waals surface area contributed by atoms with E-state index < -0.39 is 17.7 Å². The third-order valence-corrected chi connectivity index (χ3v) is 2.82. The molecule has 0 N–H and O–H groups in total. The summed E-state index contributed by atoms with van der Waals surface area (Å²) in [5.41, 5.74) is 0.663. The molecule has 2 aromatic heterocycles. The van der Waals surface area contributed by atoms with Crippen LogP contribution in [-0.4, -0.2) is 19.6 Å². The van der Waals surface area contributed by atoms with Crippen LogP contribution < -0.4 is 4.74 Å². The number of hydrogen-bond acceptors (Lipinski definition) is 4.